The van der Waals surface area contributed by atoms with E-state index in [1.807, 2.05) is 39.0 Å². The van der Waals surface area contributed by atoms with Gasteiger partial charge in [0.2, 0.25) is 0 Å². The minimum Gasteiger partial charge on any atom is -0.353 e. The number of ether oxygens (including phenoxy) is 2. The number of benzene rings is 1. The molecule has 2 rings (SSSR count). The zero-order chi connectivity index (χ0) is 20.5. The summed E-state index contributed by atoms with van der Waals surface area (Å²) in [5.41, 5.74) is 2.09. The van der Waals surface area contributed by atoms with E-state index in [1.165, 1.54) is 37.7 Å². The summed E-state index contributed by atoms with van der Waals surface area (Å²) in [5.74, 6) is 1.57. The Bertz CT molecular complexity index is 474. The molecule has 1 aromatic carbocycles. The van der Waals surface area contributed by atoms with Gasteiger partial charge in [-0.1, -0.05) is 63.3 Å². The lowest BCUT2D eigenvalue weighted by Crippen LogP contribution is -2.17. The summed E-state index contributed by atoms with van der Waals surface area (Å²) in [7, 11) is 0. The Hall–Kier alpha value is -1.45. The number of aldehydes is 1. The predicted molar refractivity (Wildman–Crippen MR) is 115 cm³/mol. The van der Waals surface area contributed by atoms with Gasteiger partial charge in [-0.25, -0.2) is 0 Å². The van der Waals surface area contributed by atoms with E-state index in [9.17, 15) is 4.79 Å². The molecule has 1 atom stereocenters. The first-order valence-electron chi connectivity index (χ1n) is 10.4. The number of hydrogen-bond donors (Lipinski definition) is 0. The maximum atomic E-state index is 11.0. The summed E-state index contributed by atoms with van der Waals surface area (Å²) in [5, 5.41) is 0. The van der Waals surface area contributed by atoms with Gasteiger partial charge < -0.3 is 9.47 Å². The van der Waals surface area contributed by atoms with E-state index in [-0.39, 0.29) is 6.29 Å². The van der Waals surface area contributed by atoms with Crippen molar-refractivity contribution in [2.45, 2.75) is 72.5 Å². The minimum atomic E-state index is -0.0370. The highest BCUT2D eigenvalue weighted by Gasteiger charge is 2.20. The molecule has 0 radical (unpaired) electrons. The maximum absolute atomic E-state index is 11.0. The SMILES string of the molecule is C=C.CC(Cc1ccccc1C=O)C1CCCCC1.CCOC(C)OCC. The monoisotopic (exact) mass is 376 g/mol. The molecule has 3 heteroatoms. The van der Waals surface area contributed by atoms with E-state index in [4.69, 9.17) is 9.47 Å². The van der Waals surface area contributed by atoms with Crippen molar-refractivity contribution in [3.8, 4) is 0 Å². The lowest BCUT2D eigenvalue weighted by atomic mass is 9.78. The van der Waals surface area contributed by atoms with Crippen LogP contribution in [-0.2, 0) is 15.9 Å². The largest absolute Gasteiger partial charge is 0.353 e. The molecule has 0 heterocycles. The van der Waals surface area contributed by atoms with Crippen LogP contribution in [0, 0.1) is 11.8 Å². The van der Waals surface area contributed by atoms with Crippen molar-refractivity contribution < 1.29 is 14.3 Å². The second-order valence-corrected chi connectivity index (χ2v) is 6.87. The molecule has 1 aromatic rings. The van der Waals surface area contributed by atoms with Crippen LogP contribution < -0.4 is 0 Å². The molecule has 0 aliphatic heterocycles. The smallest absolute Gasteiger partial charge is 0.154 e. The molecule has 0 aromatic heterocycles. The van der Waals surface area contributed by atoms with Crippen LogP contribution in [0.1, 0.15) is 75.7 Å². The summed E-state index contributed by atoms with van der Waals surface area (Å²) < 4.78 is 10.1. The summed E-state index contributed by atoms with van der Waals surface area (Å²) in [6, 6.07) is 8.01. The highest BCUT2D eigenvalue weighted by molar-refractivity contribution is 5.77. The van der Waals surface area contributed by atoms with Crippen molar-refractivity contribution in [3.63, 3.8) is 0 Å². The summed E-state index contributed by atoms with van der Waals surface area (Å²) in [4.78, 5) is 11.0. The molecular weight excluding hydrogens is 336 g/mol. The molecule has 1 unspecified atom stereocenters. The van der Waals surface area contributed by atoms with E-state index in [1.54, 1.807) is 0 Å². The van der Waals surface area contributed by atoms with Gasteiger partial charge in [0.15, 0.2) is 6.29 Å². The first kappa shape index (κ1) is 25.6. The van der Waals surface area contributed by atoms with Gasteiger partial charge in [-0.3, -0.25) is 4.79 Å². The highest BCUT2D eigenvalue weighted by Crippen LogP contribution is 2.31. The van der Waals surface area contributed by atoms with Crippen molar-refractivity contribution in [2.75, 3.05) is 13.2 Å². The zero-order valence-electron chi connectivity index (χ0n) is 17.9. The van der Waals surface area contributed by atoms with Crippen molar-refractivity contribution in [3.05, 3.63) is 48.6 Å². The number of carbonyl (C=O) groups excluding carboxylic acids is 1. The van der Waals surface area contributed by atoms with Crippen LogP contribution in [0.5, 0.6) is 0 Å². The topological polar surface area (TPSA) is 35.5 Å². The summed E-state index contributed by atoms with van der Waals surface area (Å²) in [6.07, 6.45) is 8.96. The Morgan fingerprint density at radius 3 is 2.11 bits per heavy atom. The second-order valence-electron chi connectivity index (χ2n) is 6.87. The Balaban J connectivity index is 0.000000574. The molecule has 1 aliphatic carbocycles. The molecule has 0 amide bonds. The summed E-state index contributed by atoms with van der Waals surface area (Å²) in [6.45, 7) is 15.6. The fourth-order valence-electron chi connectivity index (χ4n) is 3.57. The third kappa shape index (κ3) is 11.1. The van der Waals surface area contributed by atoms with Crippen molar-refractivity contribution in [1.82, 2.24) is 0 Å². The summed E-state index contributed by atoms with van der Waals surface area (Å²) >= 11 is 0. The Kier molecular flexibility index (Phi) is 15.8. The van der Waals surface area contributed by atoms with Crippen LogP contribution in [0.25, 0.3) is 0 Å². The molecule has 154 valence electrons. The van der Waals surface area contributed by atoms with Crippen molar-refractivity contribution in [2.24, 2.45) is 11.8 Å². The standard InChI is InChI=1S/C16H22O.C6H14O2.C2H4/c1-13(14-7-3-2-4-8-14)11-15-9-5-6-10-16(15)12-17;1-4-7-6(3)8-5-2;1-2/h5-6,9-10,12-14H,2-4,7-8,11H2,1H3;6H,4-5H2,1-3H3;1-2H2. The minimum absolute atomic E-state index is 0.0370. The predicted octanol–water partition coefficient (Wildman–Crippen LogP) is 6.47. The molecule has 0 spiro atoms. The van der Waals surface area contributed by atoms with E-state index in [0.717, 1.165) is 37.4 Å². The van der Waals surface area contributed by atoms with Crippen LogP contribution in [0.3, 0.4) is 0 Å². The van der Waals surface area contributed by atoms with Crippen LogP contribution in [0.2, 0.25) is 0 Å². The van der Waals surface area contributed by atoms with Crippen LogP contribution in [0.4, 0.5) is 0 Å². The fourth-order valence-corrected chi connectivity index (χ4v) is 3.57. The molecule has 3 nitrogen and oxygen atoms in total. The van der Waals surface area contributed by atoms with Gasteiger partial charge in [-0.2, -0.15) is 0 Å². The van der Waals surface area contributed by atoms with Crippen molar-refractivity contribution >= 4 is 6.29 Å². The Labute approximate surface area is 167 Å². The van der Waals surface area contributed by atoms with Gasteiger partial charge in [0.25, 0.3) is 0 Å². The average molecular weight is 377 g/mol. The molecule has 1 aliphatic rings. The van der Waals surface area contributed by atoms with E-state index in [0.29, 0.717) is 5.92 Å². The third-order valence-corrected chi connectivity index (χ3v) is 4.98. The number of hydrogen-bond acceptors (Lipinski definition) is 3. The Morgan fingerprint density at radius 1 is 1.04 bits per heavy atom. The molecule has 0 N–H and O–H groups in total. The van der Waals surface area contributed by atoms with Gasteiger partial charge >= 0.3 is 0 Å². The zero-order valence-corrected chi connectivity index (χ0v) is 17.9. The van der Waals surface area contributed by atoms with Crippen LogP contribution in [0.15, 0.2) is 37.4 Å². The molecule has 0 saturated heterocycles. The quantitative estimate of drug-likeness (QED) is 0.296. The third-order valence-electron chi connectivity index (χ3n) is 4.98. The van der Waals surface area contributed by atoms with E-state index < -0.39 is 0 Å². The van der Waals surface area contributed by atoms with Crippen molar-refractivity contribution in [1.29, 1.82) is 0 Å². The maximum Gasteiger partial charge on any atom is 0.154 e. The van der Waals surface area contributed by atoms with Gasteiger partial charge in [-0.15, -0.1) is 13.2 Å². The lowest BCUT2D eigenvalue weighted by molar-refractivity contribution is -0.123. The normalized spacial score (nSPS) is 15.1. The number of carbonyl (C=O) groups is 1. The van der Waals surface area contributed by atoms with Crippen LogP contribution >= 0.6 is 0 Å². The Morgan fingerprint density at radius 2 is 1.59 bits per heavy atom. The molecule has 27 heavy (non-hydrogen) atoms. The number of rotatable bonds is 8. The molecule has 1 fully saturated rings. The van der Waals surface area contributed by atoms with E-state index in [2.05, 4.69) is 26.1 Å². The lowest BCUT2D eigenvalue weighted by Gasteiger charge is -2.28. The molecule has 0 bridgehead atoms. The van der Waals surface area contributed by atoms with Gasteiger partial charge in [-0.05, 0) is 44.6 Å². The van der Waals surface area contributed by atoms with Gasteiger partial charge in [0.05, 0.1) is 0 Å². The first-order chi connectivity index (χ1) is 13.1. The highest BCUT2D eigenvalue weighted by atomic mass is 16.7. The molecule has 1 saturated carbocycles. The van der Waals surface area contributed by atoms with Gasteiger partial charge in [0.1, 0.15) is 6.29 Å². The van der Waals surface area contributed by atoms with Gasteiger partial charge in [0, 0.05) is 18.8 Å². The average Bonchev–Trinajstić information content (AvgIpc) is 2.71. The fraction of sp³-hybridized carbons (Fsp3) is 0.625. The second kappa shape index (κ2) is 16.7. The molecular formula is C24H40O3. The van der Waals surface area contributed by atoms with Crippen LogP contribution in [-0.4, -0.2) is 25.8 Å². The first-order valence-corrected chi connectivity index (χ1v) is 10.4. The van der Waals surface area contributed by atoms with E-state index >= 15 is 0 Å².